The maximum Gasteiger partial charge on any atom is 0.167 e. The normalized spacial score (nSPS) is 11.3. The van der Waals surface area contributed by atoms with Crippen molar-refractivity contribution < 1.29 is 13.2 Å². The Balaban J connectivity index is 1.60. The summed E-state index contributed by atoms with van der Waals surface area (Å²) in [5, 5.41) is 0. The van der Waals surface area contributed by atoms with E-state index in [1.807, 2.05) is 19.1 Å². The molecular formula is C28H25F3. The second-order valence-corrected chi connectivity index (χ2v) is 8.09. The number of halogens is 3. The van der Waals surface area contributed by atoms with Crippen molar-refractivity contribution in [3.63, 3.8) is 0 Å². The van der Waals surface area contributed by atoms with Crippen molar-refractivity contribution in [1.82, 2.24) is 0 Å². The van der Waals surface area contributed by atoms with Crippen LogP contribution >= 0.6 is 0 Å². The Morgan fingerprint density at radius 2 is 1.42 bits per heavy atom. The van der Waals surface area contributed by atoms with Crippen LogP contribution in [0.5, 0.6) is 0 Å². The van der Waals surface area contributed by atoms with E-state index in [1.54, 1.807) is 18.2 Å². The monoisotopic (exact) mass is 418 g/mol. The van der Waals surface area contributed by atoms with Crippen molar-refractivity contribution in [2.24, 2.45) is 0 Å². The number of benzene rings is 3. The van der Waals surface area contributed by atoms with Crippen LogP contribution in [0.2, 0.25) is 0 Å². The molecule has 0 spiro atoms. The average Bonchev–Trinajstić information content (AvgIpc) is 2.76. The first-order chi connectivity index (χ1) is 15.0. The van der Waals surface area contributed by atoms with Crippen molar-refractivity contribution in [1.29, 1.82) is 0 Å². The fraction of sp³-hybridized carbons (Fsp3) is 0.286. The molecule has 3 aromatic carbocycles. The van der Waals surface area contributed by atoms with E-state index in [0.29, 0.717) is 29.5 Å². The number of hydrogen-bond acceptors (Lipinski definition) is 0. The predicted octanol–water partition coefficient (Wildman–Crippen LogP) is 7.84. The minimum Gasteiger partial charge on any atom is -0.205 e. The minimum absolute atomic E-state index is 0.0323. The molecular weight excluding hydrogens is 393 g/mol. The quantitative estimate of drug-likeness (QED) is 0.221. The van der Waals surface area contributed by atoms with Gasteiger partial charge in [0.15, 0.2) is 11.6 Å². The van der Waals surface area contributed by atoms with Gasteiger partial charge in [0.1, 0.15) is 5.82 Å². The molecule has 31 heavy (non-hydrogen) atoms. The van der Waals surface area contributed by atoms with Crippen molar-refractivity contribution in [3.05, 3.63) is 82.2 Å². The fourth-order valence-corrected chi connectivity index (χ4v) is 4.14. The lowest BCUT2D eigenvalue weighted by Crippen LogP contribution is -2.10. The van der Waals surface area contributed by atoms with E-state index < -0.39 is 17.5 Å². The first-order valence-electron chi connectivity index (χ1n) is 11.0. The Hall–Kier alpha value is -2.99. The summed E-state index contributed by atoms with van der Waals surface area (Å²) in [6, 6.07) is 13.0. The number of rotatable bonds is 6. The third kappa shape index (κ3) is 4.00. The molecule has 0 amide bonds. The van der Waals surface area contributed by atoms with E-state index in [9.17, 15) is 8.78 Å². The molecule has 4 rings (SSSR count). The predicted molar refractivity (Wildman–Crippen MR) is 120 cm³/mol. The first kappa shape index (κ1) is 21.2. The van der Waals surface area contributed by atoms with Gasteiger partial charge in [-0.3, -0.25) is 0 Å². The zero-order valence-corrected chi connectivity index (χ0v) is 17.9. The third-order valence-electron chi connectivity index (χ3n) is 5.85. The summed E-state index contributed by atoms with van der Waals surface area (Å²) < 4.78 is 44.1. The first-order valence-corrected chi connectivity index (χ1v) is 11.0. The zero-order chi connectivity index (χ0) is 22.0. The molecule has 0 nitrogen and oxygen atoms in total. The van der Waals surface area contributed by atoms with Crippen LogP contribution in [0.1, 0.15) is 61.8 Å². The molecule has 0 unspecified atom stereocenters. The van der Waals surface area contributed by atoms with Crippen molar-refractivity contribution >= 4 is 0 Å². The molecule has 0 bridgehead atoms. The fourth-order valence-electron chi connectivity index (χ4n) is 4.14. The van der Waals surface area contributed by atoms with E-state index in [1.165, 1.54) is 24.8 Å². The number of unbranched alkanes of at least 4 members (excludes halogenated alkanes) is 2. The summed E-state index contributed by atoms with van der Waals surface area (Å²) in [5.41, 5.74) is 3.95. The number of fused-ring (bicyclic) bond motifs is 4. The summed E-state index contributed by atoms with van der Waals surface area (Å²) >= 11 is 0. The van der Waals surface area contributed by atoms with Crippen LogP contribution in [0.4, 0.5) is 13.2 Å². The Labute approximate surface area is 182 Å². The Morgan fingerprint density at radius 3 is 2.13 bits per heavy atom. The van der Waals surface area contributed by atoms with Gasteiger partial charge in [0.2, 0.25) is 0 Å². The van der Waals surface area contributed by atoms with Gasteiger partial charge in [0.25, 0.3) is 0 Å². The van der Waals surface area contributed by atoms with Crippen LogP contribution in [0.3, 0.4) is 0 Å². The lowest BCUT2D eigenvalue weighted by atomic mass is 9.77. The van der Waals surface area contributed by atoms with Gasteiger partial charge in [-0.1, -0.05) is 63.1 Å². The summed E-state index contributed by atoms with van der Waals surface area (Å²) in [4.78, 5) is 0. The molecule has 0 saturated carbocycles. The lowest BCUT2D eigenvalue weighted by Gasteiger charge is -2.26. The minimum atomic E-state index is -0.962. The summed E-state index contributed by atoms with van der Waals surface area (Å²) in [5.74, 6) is 3.42. The standard InChI is InChI=1S/C28H25F3/c1-3-5-6-8-18-9-11-19(12-10-18)13-14-20-15-16-22-23-17-21(7-4-2)27(30)28(31)25(23)24(22)26(20)29/h9-12,15-17H,3-8H2,1-2H3. The third-order valence-corrected chi connectivity index (χ3v) is 5.85. The highest BCUT2D eigenvalue weighted by Gasteiger charge is 2.33. The molecule has 0 aromatic heterocycles. The maximum absolute atomic E-state index is 15.1. The van der Waals surface area contributed by atoms with Crippen LogP contribution in [-0.4, -0.2) is 0 Å². The van der Waals surface area contributed by atoms with E-state index in [4.69, 9.17) is 0 Å². The summed E-state index contributed by atoms with van der Waals surface area (Å²) in [7, 11) is 0. The van der Waals surface area contributed by atoms with Gasteiger partial charge < -0.3 is 0 Å². The lowest BCUT2D eigenvalue weighted by molar-refractivity contribution is 0.499. The van der Waals surface area contributed by atoms with E-state index in [0.717, 1.165) is 12.0 Å². The van der Waals surface area contributed by atoms with Crippen molar-refractivity contribution in [3.8, 4) is 34.1 Å². The highest BCUT2D eigenvalue weighted by Crippen LogP contribution is 2.51. The number of hydrogen-bond donors (Lipinski definition) is 0. The van der Waals surface area contributed by atoms with Crippen LogP contribution in [-0.2, 0) is 12.8 Å². The van der Waals surface area contributed by atoms with Gasteiger partial charge >= 0.3 is 0 Å². The van der Waals surface area contributed by atoms with Crippen LogP contribution in [0.15, 0.2) is 42.5 Å². The van der Waals surface area contributed by atoms with Gasteiger partial charge in [-0.05, 0) is 65.8 Å². The zero-order valence-electron chi connectivity index (χ0n) is 17.9. The summed E-state index contributed by atoms with van der Waals surface area (Å²) in [6.07, 6.45) is 5.78. The van der Waals surface area contributed by atoms with Crippen LogP contribution < -0.4 is 0 Å². The molecule has 0 aliphatic heterocycles. The molecule has 3 aromatic rings. The van der Waals surface area contributed by atoms with Crippen LogP contribution in [0.25, 0.3) is 22.3 Å². The second kappa shape index (κ2) is 9.02. The largest absolute Gasteiger partial charge is 0.205 e. The Bertz CT molecular complexity index is 1180. The van der Waals surface area contributed by atoms with Gasteiger partial charge in [-0.15, -0.1) is 0 Å². The van der Waals surface area contributed by atoms with Crippen molar-refractivity contribution in [2.75, 3.05) is 0 Å². The van der Waals surface area contributed by atoms with Crippen molar-refractivity contribution in [2.45, 2.75) is 52.4 Å². The molecule has 158 valence electrons. The Kier molecular flexibility index (Phi) is 6.18. The van der Waals surface area contributed by atoms with Gasteiger partial charge in [0, 0.05) is 16.7 Å². The molecule has 0 fully saturated rings. The van der Waals surface area contributed by atoms with Gasteiger partial charge in [-0.25, -0.2) is 13.2 Å². The topological polar surface area (TPSA) is 0 Å². The molecule has 1 aliphatic rings. The highest BCUT2D eigenvalue weighted by atomic mass is 19.2. The second-order valence-electron chi connectivity index (χ2n) is 8.09. The molecule has 0 radical (unpaired) electrons. The van der Waals surface area contributed by atoms with Gasteiger partial charge in [-0.2, -0.15) is 0 Å². The van der Waals surface area contributed by atoms with E-state index in [-0.39, 0.29) is 16.7 Å². The van der Waals surface area contributed by atoms with E-state index >= 15 is 4.39 Å². The van der Waals surface area contributed by atoms with Gasteiger partial charge in [0.05, 0.1) is 5.56 Å². The molecule has 0 heterocycles. The number of aryl methyl sites for hydroxylation is 2. The summed E-state index contributed by atoms with van der Waals surface area (Å²) in [6.45, 7) is 4.09. The molecule has 0 saturated heterocycles. The smallest absolute Gasteiger partial charge is 0.167 e. The molecule has 0 N–H and O–H groups in total. The maximum atomic E-state index is 15.1. The van der Waals surface area contributed by atoms with Crippen LogP contribution in [0, 0.1) is 29.3 Å². The molecule has 3 heteroatoms. The Morgan fingerprint density at radius 1 is 0.677 bits per heavy atom. The molecule has 0 atom stereocenters. The highest BCUT2D eigenvalue weighted by molar-refractivity contribution is 6.03. The molecule has 1 aliphatic carbocycles. The average molecular weight is 419 g/mol. The van der Waals surface area contributed by atoms with E-state index in [2.05, 4.69) is 30.9 Å². The SMILES string of the molecule is CCCCCc1ccc(C#Cc2ccc3c(c2F)-c2c-3cc(CCC)c(F)c2F)cc1.